The Morgan fingerprint density at radius 2 is 1.94 bits per heavy atom. The van der Waals surface area contributed by atoms with Crippen LogP contribution >= 0.6 is 0 Å². The number of anilines is 2. The molecule has 1 saturated heterocycles. The second kappa shape index (κ2) is 8.57. The average molecular weight is 458 g/mol. The van der Waals surface area contributed by atoms with Crippen LogP contribution in [0.2, 0.25) is 0 Å². The molecule has 1 atom stereocenters. The van der Waals surface area contributed by atoms with E-state index in [-0.39, 0.29) is 23.5 Å². The Labute approximate surface area is 192 Å². The lowest BCUT2D eigenvalue weighted by Crippen LogP contribution is -2.49. The Bertz CT molecular complexity index is 1100. The molecule has 0 aromatic carbocycles. The van der Waals surface area contributed by atoms with Crippen LogP contribution in [-0.4, -0.2) is 57.5 Å². The molecule has 1 aliphatic carbocycles. The predicted octanol–water partition coefficient (Wildman–Crippen LogP) is 3.71. The molecule has 2 aromatic rings. The van der Waals surface area contributed by atoms with Gasteiger partial charge in [-0.1, -0.05) is 0 Å². The first-order valence-corrected chi connectivity index (χ1v) is 11.3. The Morgan fingerprint density at radius 3 is 2.58 bits per heavy atom. The topological polar surface area (TPSA) is 126 Å². The molecule has 3 heterocycles. The van der Waals surface area contributed by atoms with Crippen molar-refractivity contribution in [3.8, 4) is 0 Å². The summed E-state index contributed by atoms with van der Waals surface area (Å²) >= 11 is 0. The van der Waals surface area contributed by atoms with Crippen LogP contribution < -0.4 is 15.5 Å². The highest BCUT2D eigenvalue weighted by molar-refractivity contribution is 6.10. The summed E-state index contributed by atoms with van der Waals surface area (Å²) in [6.45, 7) is 8.65. The first kappa shape index (κ1) is 22.9. The zero-order chi connectivity index (χ0) is 23.9. The Hall–Kier alpha value is -3.30. The third kappa shape index (κ3) is 5.04. The maximum absolute atomic E-state index is 12.5. The minimum absolute atomic E-state index is 0.0214. The van der Waals surface area contributed by atoms with Crippen molar-refractivity contribution in [3.63, 3.8) is 0 Å². The fourth-order valence-corrected chi connectivity index (χ4v) is 4.27. The lowest BCUT2D eigenvalue weighted by atomic mass is 10.0. The number of pyridine rings is 1. The number of carbonyl (C=O) groups excluding carboxylic acids is 2. The summed E-state index contributed by atoms with van der Waals surface area (Å²) in [5, 5.41) is 16.2. The molecule has 3 N–H and O–H groups in total. The molecule has 2 aromatic heterocycles. The van der Waals surface area contributed by atoms with Gasteiger partial charge in [0.05, 0.1) is 16.8 Å². The first-order chi connectivity index (χ1) is 15.5. The van der Waals surface area contributed by atoms with E-state index in [0.717, 1.165) is 48.0 Å². The van der Waals surface area contributed by atoms with Crippen molar-refractivity contribution in [2.24, 2.45) is 5.92 Å². The van der Waals surface area contributed by atoms with Gasteiger partial charge in [0.15, 0.2) is 5.65 Å². The smallest absolute Gasteiger partial charge is 0.417 e. The van der Waals surface area contributed by atoms with Gasteiger partial charge in [-0.25, -0.2) is 19.1 Å². The summed E-state index contributed by atoms with van der Waals surface area (Å²) in [7, 11) is 0. The van der Waals surface area contributed by atoms with Gasteiger partial charge in [0, 0.05) is 37.4 Å². The number of fused-ring (bicyclic) bond motifs is 1. The molecule has 0 spiro atoms. The SMILES string of the molecule is Cc1cnc2c(c(NC(=O)C3CC3)cn2C(=O)O)c1N1CCCC(NC(=O)OC(C)(C)C)C1. The van der Waals surface area contributed by atoms with E-state index in [1.54, 1.807) is 6.20 Å². The number of nitrogens with one attached hydrogen (secondary N) is 2. The minimum atomic E-state index is -1.17. The molecule has 2 amide bonds. The van der Waals surface area contributed by atoms with E-state index < -0.39 is 17.8 Å². The number of rotatable bonds is 4. The second-order valence-corrected chi connectivity index (χ2v) is 9.88. The van der Waals surface area contributed by atoms with Gasteiger partial charge in [0.25, 0.3) is 0 Å². The van der Waals surface area contributed by atoms with Crippen LogP contribution in [0, 0.1) is 12.8 Å². The van der Waals surface area contributed by atoms with Gasteiger partial charge in [-0.05, 0) is 58.9 Å². The highest BCUT2D eigenvalue weighted by Crippen LogP contribution is 2.39. The van der Waals surface area contributed by atoms with Gasteiger partial charge >= 0.3 is 12.2 Å². The van der Waals surface area contributed by atoms with Gasteiger partial charge in [0.1, 0.15) is 5.60 Å². The number of ether oxygens (including phenoxy) is 1. The average Bonchev–Trinajstić information content (AvgIpc) is 3.49. The monoisotopic (exact) mass is 457 g/mol. The van der Waals surface area contributed by atoms with Crippen LogP contribution in [0.5, 0.6) is 0 Å². The number of hydrogen-bond donors (Lipinski definition) is 3. The molecule has 4 rings (SSSR count). The number of hydrogen-bond acceptors (Lipinski definition) is 6. The van der Waals surface area contributed by atoms with Crippen molar-refractivity contribution in [3.05, 3.63) is 18.0 Å². The molecule has 10 nitrogen and oxygen atoms in total. The first-order valence-electron chi connectivity index (χ1n) is 11.3. The van der Waals surface area contributed by atoms with E-state index in [1.165, 1.54) is 6.20 Å². The van der Waals surface area contributed by atoms with Crippen molar-refractivity contribution in [2.45, 2.75) is 65.0 Å². The lowest BCUT2D eigenvalue weighted by Gasteiger charge is -2.36. The number of piperidine rings is 1. The molecule has 0 radical (unpaired) electrons. The number of alkyl carbamates (subject to hydrolysis) is 1. The van der Waals surface area contributed by atoms with Crippen molar-refractivity contribution >= 4 is 40.5 Å². The van der Waals surface area contributed by atoms with Crippen LogP contribution in [-0.2, 0) is 9.53 Å². The minimum Gasteiger partial charge on any atom is -0.464 e. The summed E-state index contributed by atoms with van der Waals surface area (Å²) in [5.74, 6) is -0.123. The van der Waals surface area contributed by atoms with E-state index in [0.29, 0.717) is 17.6 Å². The van der Waals surface area contributed by atoms with Gasteiger partial charge in [-0.3, -0.25) is 4.79 Å². The largest absolute Gasteiger partial charge is 0.464 e. The highest BCUT2D eigenvalue weighted by Gasteiger charge is 2.32. The quantitative estimate of drug-likeness (QED) is 0.639. The molecule has 33 heavy (non-hydrogen) atoms. The molecule has 178 valence electrons. The van der Waals surface area contributed by atoms with E-state index in [2.05, 4.69) is 20.5 Å². The molecule has 0 bridgehead atoms. The van der Waals surface area contributed by atoms with E-state index in [9.17, 15) is 19.5 Å². The molecular formula is C23H31N5O5. The van der Waals surface area contributed by atoms with Crippen LogP contribution in [0.25, 0.3) is 11.0 Å². The van der Waals surface area contributed by atoms with Gasteiger partial charge in [-0.15, -0.1) is 0 Å². The number of amides is 2. The van der Waals surface area contributed by atoms with Crippen molar-refractivity contribution < 1.29 is 24.2 Å². The van der Waals surface area contributed by atoms with Crippen molar-refractivity contribution in [1.29, 1.82) is 0 Å². The Kier molecular flexibility index (Phi) is 5.94. The van der Waals surface area contributed by atoms with Gasteiger partial charge in [-0.2, -0.15) is 0 Å². The van der Waals surface area contributed by atoms with Crippen LogP contribution in [0.3, 0.4) is 0 Å². The maximum Gasteiger partial charge on any atom is 0.417 e. The number of carboxylic acid groups (broad SMARTS) is 1. The van der Waals surface area contributed by atoms with Crippen molar-refractivity contribution in [2.75, 3.05) is 23.3 Å². The molecule has 10 heteroatoms. The summed E-state index contributed by atoms with van der Waals surface area (Å²) in [6.07, 6.45) is 4.78. The van der Waals surface area contributed by atoms with E-state index in [4.69, 9.17) is 4.74 Å². The molecule has 1 aliphatic heterocycles. The van der Waals surface area contributed by atoms with Gasteiger partial charge in [0.2, 0.25) is 5.91 Å². The standard InChI is InChI=1S/C23H31N5O5/c1-13-10-24-19-17(16(12-28(19)22(31)32)26-20(29)14-7-8-14)18(13)27-9-5-6-15(11-27)25-21(30)33-23(2,3)4/h10,12,14-15H,5-9,11H2,1-4H3,(H,25,30)(H,26,29)(H,31,32). The molecular weight excluding hydrogens is 426 g/mol. The van der Waals surface area contributed by atoms with Gasteiger partial charge < -0.3 is 25.4 Å². The van der Waals surface area contributed by atoms with Crippen molar-refractivity contribution in [1.82, 2.24) is 14.9 Å². The molecule has 2 fully saturated rings. The van der Waals surface area contributed by atoms with E-state index in [1.807, 2.05) is 27.7 Å². The fourth-order valence-electron chi connectivity index (χ4n) is 4.27. The summed E-state index contributed by atoms with van der Waals surface area (Å²) in [5.41, 5.74) is 1.82. The summed E-state index contributed by atoms with van der Waals surface area (Å²) in [6, 6.07) is -0.123. The predicted molar refractivity (Wildman–Crippen MR) is 124 cm³/mol. The highest BCUT2D eigenvalue weighted by atomic mass is 16.6. The molecule has 1 unspecified atom stereocenters. The van der Waals surface area contributed by atoms with Crippen LogP contribution in [0.4, 0.5) is 21.0 Å². The second-order valence-electron chi connectivity index (χ2n) is 9.88. The molecule has 1 saturated carbocycles. The Morgan fingerprint density at radius 1 is 1.21 bits per heavy atom. The zero-order valence-electron chi connectivity index (χ0n) is 19.5. The zero-order valence-corrected chi connectivity index (χ0v) is 19.5. The third-order valence-corrected chi connectivity index (χ3v) is 5.84. The van der Waals surface area contributed by atoms with E-state index >= 15 is 0 Å². The normalized spacial score (nSPS) is 18.8. The lowest BCUT2D eigenvalue weighted by molar-refractivity contribution is -0.117. The Balaban J connectivity index is 1.67. The summed E-state index contributed by atoms with van der Waals surface area (Å²) < 4.78 is 6.44. The van der Waals surface area contributed by atoms with Crippen LogP contribution in [0.15, 0.2) is 12.4 Å². The number of carbonyl (C=O) groups is 3. The fraction of sp³-hybridized carbons (Fsp3) is 0.565. The maximum atomic E-state index is 12.5. The van der Waals surface area contributed by atoms with Crippen LogP contribution in [0.1, 0.15) is 52.0 Å². The number of nitrogens with zero attached hydrogens (tertiary/aromatic N) is 3. The number of aryl methyl sites for hydroxylation is 1. The summed E-state index contributed by atoms with van der Waals surface area (Å²) in [4.78, 5) is 43.1. The molecule has 2 aliphatic rings. The number of aromatic nitrogens is 2. The third-order valence-electron chi connectivity index (χ3n) is 5.84.